The highest BCUT2D eigenvalue weighted by atomic mass is 16.5. The second-order valence-corrected chi connectivity index (χ2v) is 10.9. The number of hydrogen-bond donors (Lipinski definition) is 0. The van der Waals surface area contributed by atoms with Gasteiger partial charge in [-0.2, -0.15) is 0 Å². The molecule has 130 valence electrons. The lowest BCUT2D eigenvalue weighted by Gasteiger charge is -2.72. The smallest absolute Gasteiger partial charge is 0.107 e. The van der Waals surface area contributed by atoms with Crippen LogP contribution in [-0.4, -0.2) is 12.7 Å². The predicted molar refractivity (Wildman–Crippen MR) is 95.2 cm³/mol. The molecule has 0 heterocycles. The highest BCUT2D eigenvalue weighted by Crippen LogP contribution is 2.75. The Balaban J connectivity index is 1.43. The van der Waals surface area contributed by atoms with Crippen molar-refractivity contribution in [1.82, 2.24) is 0 Å². The van der Waals surface area contributed by atoms with Crippen LogP contribution in [0.2, 0.25) is 0 Å². The normalized spacial score (nSPS) is 59.7. The highest BCUT2D eigenvalue weighted by molar-refractivity contribution is 5.18. The van der Waals surface area contributed by atoms with Gasteiger partial charge in [-0.25, -0.2) is 0 Å². The maximum atomic E-state index is 6.52. The summed E-state index contributed by atoms with van der Waals surface area (Å²) in [4.78, 5) is 0. The number of rotatable bonds is 3. The first-order chi connectivity index (χ1) is 11.7. The van der Waals surface area contributed by atoms with E-state index in [1.54, 1.807) is 38.5 Å². The number of ether oxygens (including phenoxy) is 1. The van der Waals surface area contributed by atoms with Crippen LogP contribution in [0.4, 0.5) is 0 Å². The lowest BCUT2D eigenvalue weighted by molar-refractivity contribution is -0.261. The summed E-state index contributed by atoms with van der Waals surface area (Å²) in [5, 5.41) is 0. The van der Waals surface area contributed by atoms with Crippen molar-refractivity contribution in [3.05, 3.63) is 0 Å². The van der Waals surface area contributed by atoms with E-state index in [2.05, 4.69) is 5.92 Å². The summed E-state index contributed by atoms with van der Waals surface area (Å²) in [5.41, 5.74) is 1.14. The average molecular weight is 325 g/mol. The molecule has 8 rings (SSSR count). The maximum absolute atomic E-state index is 6.52. The fourth-order valence-electron chi connectivity index (χ4n) is 9.88. The first-order valence-corrected chi connectivity index (χ1v) is 10.7. The number of terminal acetylenes is 1. The van der Waals surface area contributed by atoms with Crippen molar-refractivity contribution in [2.24, 2.45) is 46.3 Å². The highest BCUT2D eigenvalue weighted by Gasteiger charge is 2.68. The molecule has 8 saturated carbocycles. The lowest BCUT2D eigenvalue weighted by Crippen LogP contribution is -2.67. The van der Waals surface area contributed by atoms with E-state index in [0.717, 1.165) is 35.5 Å². The minimum atomic E-state index is 0.498. The summed E-state index contributed by atoms with van der Waals surface area (Å²) in [6, 6.07) is 0. The standard InChI is InChI=1S/C23H32O/c1-2-3-24-21-20-8-18-7-19(9-20)14-23(21,13-18)22-10-15-4-16(11-22)6-17(5-15)12-22/h1,15-21H,3-14H2. The fraction of sp³-hybridized carbons (Fsp3) is 0.913. The van der Waals surface area contributed by atoms with Gasteiger partial charge in [0.25, 0.3) is 0 Å². The van der Waals surface area contributed by atoms with Gasteiger partial charge < -0.3 is 4.74 Å². The first kappa shape index (κ1) is 14.7. The molecule has 8 fully saturated rings. The van der Waals surface area contributed by atoms with E-state index in [1.165, 1.54) is 32.1 Å². The van der Waals surface area contributed by atoms with Crippen LogP contribution in [0.1, 0.15) is 70.6 Å². The summed E-state index contributed by atoms with van der Waals surface area (Å²) in [6.45, 7) is 0.546. The van der Waals surface area contributed by atoms with E-state index in [9.17, 15) is 0 Å². The minimum Gasteiger partial charge on any atom is -0.365 e. The maximum Gasteiger partial charge on any atom is 0.107 e. The summed E-state index contributed by atoms with van der Waals surface area (Å²) < 4.78 is 6.52. The lowest BCUT2D eigenvalue weighted by atomic mass is 9.34. The summed E-state index contributed by atoms with van der Waals surface area (Å²) >= 11 is 0. The summed E-state index contributed by atoms with van der Waals surface area (Å²) in [7, 11) is 0. The Bertz CT molecular complexity index is 534. The van der Waals surface area contributed by atoms with Crippen molar-refractivity contribution in [2.75, 3.05) is 6.61 Å². The molecule has 1 heteroatoms. The van der Waals surface area contributed by atoms with Crippen molar-refractivity contribution >= 4 is 0 Å². The molecule has 0 aromatic rings. The topological polar surface area (TPSA) is 9.23 Å². The molecule has 8 aliphatic carbocycles. The molecule has 0 amide bonds. The van der Waals surface area contributed by atoms with Crippen LogP contribution in [-0.2, 0) is 4.74 Å². The van der Waals surface area contributed by atoms with E-state index in [4.69, 9.17) is 11.2 Å². The largest absolute Gasteiger partial charge is 0.365 e. The van der Waals surface area contributed by atoms with Gasteiger partial charge in [0.15, 0.2) is 0 Å². The Morgan fingerprint density at radius 2 is 1.25 bits per heavy atom. The summed E-state index contributed by atoms with van der Waals surface area (Å²) in [6.07, 6.45) is 22.8. The quantitative estimate of drug-likeness (QED) is 0.660. The molecule has 3 unspecified atom stereocenters. The van der Waals surface area contributed by atoms with E-state index in [-0.39, 0.29) is 0 Å². The predicted octanol–water partition coefficient (Wildman–Crippen LogP) is 5.05. The van der Waals surface area contributed by atoms with Gasteiger partial charge in [-0.05, 0) is 112 Å². The van der Waals surface area contributed by atoms with Gasteiger partial charge in [-0.15, -0.1) is 6.42 Å². The van der Waals surface area contributed by atoms with Crippen LogP contribution < -0.4 is 0 Å². The molecule has 0 saturated heterocycles. The Morgan fingerprint density at radius 3 is 1.75 bits per heavy atom. The van der Waals surface area contributed by atoms with E-state index >= 15 is 0 Å². The number of hydrogen-bond acceptors (Lipinski definition) is 1. The molecule has 0 N–H and O–H groups in total. The zero-order valence-corrected chi connectivity index (χ0v) is 15.0. The zero-order chi connectivity index (χ0) is 15.9. The van der Waals surface area contributed by atoms with Gasteiger partial charge >= 0.3 is 0 Å². The summed E-state index contributed by atoms with van der Waals surface area (Å²) in [5.74, 6) is 8.82. The van der Waals surface area contributed by atoms with Crippen molar-refractivity contribution in [1.29, 1.82) is 0 Å². The Morgan fingerprint density at radius 1 is 0.750 bits per heavy atom. The van der Waals surface area contributed by atoms with Gasteiger partial charge in [-0.3, -0.25) is 0 Å². The van der Waals surface area contributed by atoms with Gasteiger partial charge in [0.2, 0.25) is 0 Å². The molecule has 0 aromatic carbocycles. The second kappa shape index (κ2) is 4.82. The van der Waals surface area contributed by atoms with Crippen LogP contribution in [0.25, 0.3) is 0 Å². The molecule has 3 atom stereocenters. The van der Waals surface area contributed by atoms with Gasteiger partial charge in [0.1, 0.15) is 6.61 Å². The van der Waals surface area contributed by atoms with Gasteiger partial charge in [-0.1, -0.05) is 5.92 Å². The van der Waals surface area contributed by atoms with Gasteiger partial charge in [0, 0.05) is 5.41 Å². The molecule has 24 heavy (non-hydrogen) atoms. The third-order valence-corrected chi connectivity index (χ3v) is 9.66. The molecule has 0 aromatic heterocycles. The fourth-order valence-corrected chi connectivity index (χ4v) is 9.88. The average Bonchev–Trinajstić information content (AvgIpc) is 2.52. The van der Waals surface area contributed by atoms with Crippen LogP contribution in [0.5, 0.6) is 0 Å². The third kappa shape index (κ3) is 1.77. The van der Waals surface area contributed by atoms with Gasteiger partial charge in [0.05, 0.1) is 6.10 Å². The van der Waals surface area contributed by atoms with E-state index in [1.807, 2.05) is 0 Å². The second-order valence-electron chi connectivity index (χ2n) is 10.9. The van der Waals surface area contributed by atoms with Crippen LogP contribution in [0, 0.1) is 58.7 Å². The molecular weight excluding hydrogens is 292 g/mol. The minimum absolute atomic E-state index is 0.498. The third-order valence-electron chi connectivity index (χ3n) is 9.66. The molecule has 1 nitrogen and oxygen atoms in total. The van der Waals surface area contributed by atoms with Crippen LogP contribution >= 0.6 is 0 Å². The van der Waals surface area contributed by atoms with Crippen molar-refractivity contribution < 1.29 is 4.74 Å². The molecule has 8 aliphatic rings. The Labute approximate surface area is 147 Å². The molecule has 0 radical (unpaired) electrons. The monoisotopic (exact) mass is 324 g/mol. The molecule has 0 spiro atoms. The van der Waals surface area contributed by atoms with E-state index in [0.29, 0.717) is 23.5 Å². The van der Waals surface area contributed by atoms with Crippen LogP contribution in [0.15, 0.2) is 0 Å². The van der Waals surface area contributed by atoms with Crippen molar-refractivity contribution in [3.63, 3.8) is 0 Å². The van der Waals surface area contributed by atoms with Crippen molar-refractivity contribution in [3.8, 4) is 12.3 Å². The first-order valence-electron chi connectivity index (χ1n) is 10.7. The molecule has 8 bridgehead atoms. The van der Waals surface area contributed by atoms with Crippen molar-refractivity contribution in [2.45, 2.75) is 76.7 Å². The molecule has 0 aliphatic heterocycles. The zero-order valence-electron chi connectivity index (χ0n) is 15.0. The Kier molecular flexibility index (Phi) is 2.94. The SMILES string of the molecule is C#CCOC1C2CC3CC(C2)CC1(C12CC4CC(CC(C4)C1)C2)C3. The Hall–Kier alpha value is -0.480. The molecular formula is C23H32O. The van der Waals surface area contributed by atoms with Crippen LogP contribution in [0.3, 0.4) is 0 Å². The van der Waals surface area contributed by atoms with E-state index < -0.39 is 0 Å².